The van der Waals surface area contributed by atoms with Gasteiger partial charge in [-0.3, -0.25) is 0 Å². The third kappa shape index (κ3) is 3.34. The summed E-state index contributed by atoms with van der Waals surface area (Å²) in [6, 6.07) is 4.25. The lowest BCUT2D eigenvalue weighted by atomic mass is 10.2. The first kappa shape index (κ1) is 14.5. The lowest BCUT2D eigenvalue weighted by molar-refractivity contribution is 0.0694. The van der Waals surface area contributed by atoms with E-state index in [1.807, 2.05) is 0 Å². The van der Waals surface area contributed by atoms with Crippen molar-refractivity contribution in [1.29, 1.82) is 0 Å². The smallest absolute Gasteiger partial charge is 0.339 e. The molecule has 2 aromatic rings. The van der Waals surface area contributed by atoms with Gasteiger partial charge in [-0.25, -0.2) is 4.79 Å². The van der Waals surface area contributed by atoms with E-state index in [2.05, 4.69) is 30.9 Å². The molecule has 0 fully saturated rings. The molecule has 0 atom stereocenters. The van der Waals surface area contributed by atoms with Crippen LogP contribution < -0.4 is 9.47 Å². The number of ether oxygens (including phenoxy) is 2. The molecule has 0 aliphatic carbocycles. The van der Waals surface area contributed by atoms with Gasteiger partial charge in [0.05, 0.1) is 7.11 Å². The topological polar surface area (TPSA) is 94.4 Å². The molecule has 9 heteroatoms. The van der Waals surface area contributed by atoms with Crippen molar-refractivity contribution in [3.8, 4) is 17.8 Å². The Labute approximate surface area is 126 Å². The zero-order valence-corrected chi connectivity index (χ0v) is 12.3. The van der Waals surface area contributed by atoms with Gasteiger partial charge in [0.1, 0.15) is 11.3 Å². The molecule has 0 amide bonds. The first-order chi connectivity index (χ1) is 9.49. The second-order valence-electron chi connectivity index (χ2n) is 3.42. The van der Waals surface area contributed by atoms with Crippen LogP contribution in [0.1, 0.15) is 10.4 Å². The van der Waals surface area contributed by atoms with E-state index >= 15 is 0 Å². The van der Waals surface area contributed by atoms with Gasteiger partial charge in [0.2, 0.25) is 5.28 Å². The molecule has 2 rings (SSSR count). The van der Waals surface area contributed by atoms with Gasteiger partial charge < -0.3 is 14.6 Å². The minimum Gasteiger partial charge on any atom is -0.478 e. The third-order valence-electron chi connectivity index (χ3n) is 2.12. The molecule has 0 radical (unpaired) electrons. The number of halogens is 2. The molecular formula is C11H7BrClN3O4. The number of rotatable bonds is 4. The van der Waals surface area contributed by atoms with Crippen LogP contribution in [0, 0.1) is 0 Å². The Hall–Kier alpha value is -1.93. The van der Waals surface area contributed by atoms with Gasteiger partial charge in [-0.1, -0.05) is 15.9 Å². The SMILES string of the molecule is COc1nc(Cl)nc(Oc2cc(Br)ccc2C(=O)O)n1. The number of hydrogen-bond acceptors (Lipinski definition) is 6. The quantitative estimate of drug-likeness (QED) is 0.895. The maximum atomic E-state index is 11.1. The van der Waals surface area contributed by atoms with E-state index in [1.54, 1.807) is 6.07 Å². The molecule has 0 saturated heterocycles. The molecule has 1 N–H and O–H groups in total. The summed E-state index contributed by atoms with van der Waals surface area (Å²) >= 11 is 8.91. The minimum atomic E-state index is -1.14. The molecule has 1 aromatic heterocycles. The summed E-state index contributed by atoms with van der Waals surface area (Å²) in [6.45, 7) is 0. The number of carboxylic acids is 1. The van der Waals surface area contributed by atoms with Crippen LogP contribution in [0.15, 0.2) is 22.7 Å². The van der Waals surface area contributed by atoms with Crippen LogP contribution in [0.4, 0.5) is 0 Å². The Balaban J connectivity index is 2.41. The van der Waals surface area contributed by atoms with Crippen molar-refractivity contribution >= 4 is 33.5 Å². The monoisotopic (exact) mass is 359 g/mol. The van der Waals surface area contributed by atoms with Crippen molar-refractivity contribution in [1.82, 2.24) is 15.0 Å². The lowest BCUT2D eigenvalue weighted by Gasteiger charge is -2.08. The molecular weight excluding hydrogens is 353 g/mol. The predicted octanol–water partition coefficient (Wildman–Crippen LogP) is 2.79. The van der Waals surface area contributed by atoms with Gasteiger partial charge in [0.15, 0.2) is 0 Å². The average molecular weight is 361 g/mol. The fourth-order valence-corrected chi connectivity index (χ4v) is 1.79. The van der Waals surface area contributed by atoms with Crippen LogP contribution in [0.5, 0.6) is 17.8 Å². The number of carboxylic acid groups (broad SMARTS) is 1. The highest BCUT2D eigenvalue weighted by Gasteiger charge is 2.15. The molecule has 20 heavy (non-hydrogen) atoms. The van der Waals surface area contributed by atoms with E-state index in [0.717, 1.165) is 0 Å². The number of hydrogen-bond donors (Lipinski definition) is 1. The predicted molar refractivity (Wildman–Crippen MR) is 72.6 cm³/mol. The van der Waals surface area contributed by atoms with Gasteiger partial charge in [0, 0.05) is 4.47 Å². The lowest BCUT2D eigenvalue weighted by Crippen LogP contribution is -2.03. The molecule has 0 saturated carbocycles. The Morgan fingerprint density at radius 3 is 2.65 bits per heavy atom. The number of methoxy groups -OCH3 is 1. The van der Waals surface area contributed by atoms with E-state index in [4.69, 9.17) is 26.2 Å². The van der Waals surface area contributed by atoms with Crippen molar-refractivity contribution in [2.75, 3.05) is 7.11 Å². The fraction of sp³-hybridized carbons (Fsp3) is 0.0909. The average Bonchev–Trinajstić information content (AvgIpc) is 2.37. The summed E-state index contributed by atoms with van der Waals surface area (Å²) in [5, 5.41) is 8.96. The number of nitrogens with zero attached hydrogens (tertiary/aromatic N) is 3. The Morgan fingerprint density at radius 1 is 1.30 bits per heavy atom. The molecule has 0 aliphatic rings. The highest BCUT2D eigenvalue weighted by Crippen LogP contribution is 2.28. The van der Waals surface area contributed by atoms with Gasteiger partial charge in [0.25, 0.3) is 0 Å². The molecule has 1 aromatic carbocycles. The third-order valence-corrected chi connectivity index (χ3v) is 2.79. The first-order valence-electron chi connectivity index (χ1n) is 5.16. The maximum Gasteiger partial charge on any atom is 0.339 e. The maximum absolute atomic E-state index is 11.1. The second kappa shape index (κ2) is 6.02. The van der Waals surface area contributed by atoms with Crippen molar-refractivity contribution in [2.45, 2.75) is 0 Å². The minimum absolute atomic E-state index is 0.0353. The summed E-state index contributed by atoms with van der Waals surface area (Å²) in [6.07, 6.45) is 0. The van der Waals surface area contributed by atoms with Crippen LogP contribution in [-0.4, -0.2) is 33.1 Å². The normalized spacial score (nSPS) is 10.2. The molecule has 0 bridgehead atoms. The van der Waals surface area contributed by atoms with E-state index in [0.29, 0.717) is 4.47 Å². The molecule has 7 nitrogen and oxygen atoms in total. The number of carbonyl (C=O) groups is 1. The molecule has 0 aliphatic heterocycles. The van der Waals surface area contributed by atoms with Gasteiger partial charge >= 0.3 is 18.0 Å². The van der Waals surface area contributed by atoms with Crippen molar-refractivity contribution in [2.24, 2.45) is 0 Å². The largest absolute Gasteiger partial charge is 0.478 e. The van der Waals surface area contributed by atoms with Crippen LogP contribution in [0.3, 0.4) is 0 Å². The van der Waals surface area contributed by atoms with Gasteiger partial charge in [-0.05, 0) is 29.8 Å². The highest BCUT2D eigenvalue weighted by molar-refractivity contribution is 9.10. The van der Waals surface area contributed by atoms with Crippen molar-refractivity contribution in [3.05, 3.63) is 33.5 Å². The summed E-state index contributed by atoms with van der Waals surface area (Å²) in [7, 11) is 1.36. The summed E-state index contributed by atoms with van der Waals surface area (Å²) < 4.78 is 10.8. The number of benzene rings is 1. The van der Waals surface area contributed by atoms with Gasteiger partial charge in [-0.15, -0.1) is 4.98 Å². The van der Waals surface area contributed by atoms with Crippen LogP contribution in [0.2, 0.25) is 5.28 Å². The van der Waals surface area contributed by atoms with E-state index in [1.165, 1.54) is 19.2 Å². The fourth-order valence-electron chi connectivity index (χ4n) is 1.31. The van der Waals surface area contributed by atoms with Crippen molar-refractivity contribution in [3.63, 3.8) is 0 Å². The highest BCUT2D eigenvalue weighted by atomic mass is 79.9. The van der Waals surface area contributed by atoms with E-state index < -0.39 is 5.97 Å². The molecule has 0 unspecified atom stereocenters. The zero-order valence-electron chi connectivity index (χ0n) is 10.0. The molecule has 0 spiro atoms. The van der Waals surface area contributed by atoms with Crippen molar-refractivity contribution < 1.29 is 19.4 Å². The molecule has 104 valence electrons. The Bertz CT molecular complexity index is 668. The summed E-state index contributed by atoms with van der Waals surface area (Å²) in [5.41, 5.74) is -0.0382. The first-order valence-corrected chi connectivity index (χ1v) is 6.33. The summed E-state index contributed by atoms with van der Waals surface area (Å²) in [5.74, 6) is -1.07. The second-order valence-corrected chi connectivity index (χ2v) is 4.68. The van der Waals surface area contributed by atoms with Gasteiger partial charge in [-0.2, -0.15) is 9.97 Å². The Kier molecular flexibility index (Phi) is 4.35. The summed E-state index contributed by atoms with van der Waals surface area (Å²) in [4.78, 5) is 22.4. The van der Waals surface area contributed by atoms with E-state index in [-0.39, 0.29) is 28.6 Å². The standard InChI is InChI=1S/C11H7BrClN3O4/c1-19-10-14-9(13)15-11(16-10)20-7-4-5(12)2-3-6(7)8(17)18/h2-4H,1H3,(H,17,18). The van der Waals surface area contributed by atoms with Crippen LogP contribution in [-0.2, 0) is 0 Å². The van der Waals surface area contributed by atoms with Crippen LogP contribution >= 0.6 is 27.5 Å². The van der Waals surface area contributed by atoms with E-state index in [9.17, 15) is 4.79 Å². The Morgan fingerprint density at radius 2 is 2.00 bits per heavy atom. The number of aromatic nitrogens is 3. The number of aromatic carboxylic acids is 1. The zero-order chi connectivity index (χ0) is 14.7. The molecule has 1 heterocycles. The van der Waals surface area contributed by atoms with Crippen LogP contribution in [0.25, 0.3) is 0 Å².